The Bertz CT molecular complexity index is 614. The van der Waals surface area contributed by atoms with Crippen LogP contribution in [0.15, 0.2) is 41.1 Å². The molecule has 0 unspecified atom stereocenters. The van der Waals surface area contributed by atoms with E-state index in [4.69, 9.17) is 5.73 Å². The topological polar surface area (TPSA) is 72.9 Å². The summed E-state index contributed by atoms with van der Waals surface area (Å²) in [5.74, 6) is 1.19. The van der Waals surface area contributed by atoms with Gasteiger partial charge in [-0.15, -0.1) is 0 Å². The second-order valence-corrected chi connectivity index (χ2v) is 6.78. The summed E-state index contributed by atoms with van der Waals surface area (Å²) in [5, 5.41) is 2.80. The number of nitrogens with two attached hydrogens (primary N) is 1. The van der Waals surface area contributed by atoms with Gasteiger partial charge in [0.25, 0.3) is 0 Å². The highest BCUT2D eigenvalue weighted by Crippen LogP contribution is 2.14. The molecule has 3 N–H and O–H groups in total. The third-order valence-electron chi connectivity index (χ3n) is 3.19. The number of halogens is 1. The van der Waals surface area contributed by atoms with Crippen molar-refractivity contribution in [2.24, 2.45) is 5.73 Å². The lowest BCUT2D eigenvalue weighted by Gasteiger charge is -2.13. The minimum atomic E-state index is -0.509. The molecule has 1 aromatic heterocycles. The predicted molar refractivity (Wildman–Crippen MR) is 95.1 cm³/mol. The molecule has 0 spiro atoms. The van der Waals surface area contributed by atoms with Gasteiger partial charge in [-0.2, -0.15) is 11.8 Å². The van der Waals surface area contributed by atoms with Gasteiger partial charge in [0.15, 0.2) is 0 Å². The highest BCUT2D eigenvalue weighted by atomic mass is 79.9. The maximum atomic E-state index is 12.1. The summed E-state index contributed by atoms with van der Waals surface area (Å²) in [6, 6.07) is 7.52. The molecule has 2 rings (SSSR count). The van der Waals surface area contributed by atoms with Crippen molar-refractivity contribution in [2.75, 3.05) is 17.3 Å². The quantitative estimate of drug-likeness (QED) is 0.771. The first-order valence-electron chi connectivity index (χ1n) is 6.91. The standard InChI is InChI=1S/C15H19BrN4OS/c1-22-9-6-13(17)14(21)19-15-18-7-8-20(15)10-11-2-4-12(16)5-3-11/h2-5,7-8,13H,6,9-10,17H2,1H3,(H,18,19,21)/t13-/m0/s1. The summed E-state index contributed by atoms with van der Waals surface area (Å²) >= 11 is 5.09. The second kappa shape index (κ2) is 8.36. The number of hydrogen-bond donors (Lipinski definition) is 2. The number of nitrogens with zero attached hydrogens (tertiary/aromatic N) is 2. The fourth-order valence-electron chi connectivity index (χ4n) is 1.93. The summed E-state index contributed by atoms with van der Waals surface area (Å²) in [4.78, 5) is 16.3. The molecule has 0 aliphatic heterocycles. The van der Waals surface area contributed by atoms with E-state index in [0.29, 0.717) is 18.9 Å². The lowest BCUT2D eigenvalue weighted by molar-refractivity contribution is -0.117. The van der Waals surface area contributed by atoms with E-state index in [-0.39, 0.29) is 5.91 Å². The zero-order valence-electron chi connectivity index (χ0n) is 12.3. The second-order valence-electron chi connectivity index (χ2n) is 4.88. The number of hydrogen-bond acceptors (Lipinski definition) is 4. The number of nitrogens with one attached hydrogen (secondary N) is 1. The van der Waals surface area contributed by atoms with Crippen molar-refractivity contribution in [3.8, 4) is 0 Å². The predicted octanol–water partition coefficient (Wildman–Crippen LogP) is 2.71. The van der Waals surface area contributed by atoms with Crippen LogP contribution in [-0.2, 0) is 11.3 Å². The van der Waals surface area contributed by atoms with E-state index in [1.807, 2.05) is 41.3 Å². The van der Waals surface area contributed by atoms with Crippen molar-refractivity contribution in [3.05, 3.63) is 46.7 Å². The summed E-state index contributed by atoms with van der Waals surface area (Å²) in [7, 11) is 0. The fourth-order valence-corrected chi connectivity index (χ4v) is 2.68. The van der Waals surface area contributed by atoms with Crippen molar-refractivity contribution in [1.82, 2.24) is 9.55 Å². The average molecular weight is 383 g/mol. The van der Waals surface area contributed by atoms with Gasteiger partial charge in [-0.05, 0) is 36.1 Å². The number of aromatic nitrogens is 2. The molecule has 22 heavy (non-hydrogen) atoms. The molecule has 0 fully saturated rings. The first-order chi connectivity index (χ1) is 10.6. The van der Waals surface area contributed by atoms with Gasteiger partial charge in [0.1, 0.15) is 0 Å². The van der Waals surface area contributed by atoms with E-state index in [1.54, 1.807) is 18.0 Å². The summed E-state index contributed by atoms with van der Waals surface area (Å²) < 4.78 is 2.93. The Morgan fingerprint density at radius 2 is 2.18 bits per heavy atom. The van der Waals surface area contributed by atoms with Gasteiger partial charge >= 0.3 is 0 Å². The van der Waals surface area contributed by atoms with E-state index in [1.165, 1.54) is 0 Å². The molecule has 5 nitrogen and oxygen atoms in total. The smallest absolute Gasteiger partial charge is 0.243 e. The number of imidazole rings is 1. The molecule has 0 saturated carbocycles. The Morgan fingerprint density at radius 1 is 1.45 bits per heavy atom. The van der Waals surface area contributed by atoms with Crippen LogP contribution in [0.25, 0.3) is 0 Å². The Morgan fingerprint density at radius 3 is 2.86 bits per heavy atom. The first-order valence-corrected chi connectivity index (χ1v) is 9.10. The highest BCUT2D eigenvalue weighted by molar-refractivity contribution is 9.10. The van der Waals surface area contributed by atoms with Crippen molar-refractivity contribution >= 4 is 39.5 Å². The van der Waals surface area contributed by atoms with Gasteiger partial charge < -0.3 is 10.3 Å². The van der Waals surface area contributed by atoms with Crippen LogP contribution in [0.3, 0.4) is 0 Å². The maximum absolute atomic E-state index is 12.1. The Balaban J connectivity index is 2.00. The molecular formula is C15H19BrN4OS. The van der Waals surface area contributed by atoms with Gasteiger partial charge in [0.05, 0.1) is 12.6 Å². The number of carbonyl (C=O) groups excluding carboxylic acids is 1. The highest BCUT2D eigenvalue weighted by Gasteiger charge is 2.15. The van der Waals surface area contributed by atoms with Crippen molar-refractivity contribution in [2.45, 2.75) is 19.0 Å². The fraction of sp³-hybridized carbons (Fsp3) is 0.333. The number of amides is 1. The van der Waals surface area contributed by atoms with Crippen molar-refractivity contribution < 1.29 is 4.79 Å². The minimum absolute atomic E-state index is 0.197. The molecule has 1 aromatic carbocycles. The SMILES string of the molecule is CSCC[C@H](N)C(=O)Nc1nccn1Cc1ccc(Br)cc1. The van der Waals surface area contributed by atoms with Gasteiger partial charge in [-0.25, -0.2) is 4.98 Å². The monoisotopic (exact) mass is 382 g/mol. The third kappa shape index (κ3) is 4.86. The number of carbonyl (C=O) groups is 1. The molecule has 7 heteroatoms. The van der Waals surface area contributed by atoms with E-state index in [2.05, 4.69) is 26.2 Å². The first kappa shape index (κ1) is 17.1. The molecule has 118 valence electrons. The maximum Gasteiger partial charge on any atom is 0.243 e. The van der Waals surface area contributed by atoms with Crippen LogP contribution in [0.5, 0.6) is 0 Å². The van der Waals surface area contributed by atoms with E-state index in [9.17, 15) is 4.79 Å². The normalized spacial score (nSPS) is 12.1. The van der Waals surface area contributed by atoms with Crippen LogP contribution in [0.1, 0.15) is 12.0 Å². The molecule has 0 radical (unpaired) electrons. The lowest BCUT2D eigenvalue weighted by Crippen LogP contribution is -2.36. The van der Waals surface area contributed by atoms with Gasteiger partial charge in [0.2, 0.25) is 11.9 Å². The number of rotatable bonds is 7. The zero-order chi connectivity index (χ0) is 15.9. The summed E-state index contributed by atoms with van der Waals surface area (Å²) in [6.07, 6.45) is 6.16. The van der Waals surface area contributed by atoms with Crippen LogP contribution in [0.4, 0.5) is 5.95 Å². The van der Waals surface area contributed by atoms with Crippen LogP contribution < -0.4 is 11.1 Å². The van der Waals surface area contributed by atoms with Crippen molar-refractivity contribution in [3.63, 3.8) is 0 Å². The van der Waals surface area contributed by atoms with Gasteiger partial charge in [0, 0.05) is 16.9 Å². The molecular weight excluding hydrogens is 364 g/mol. The van der Waals surface area contributed by atoms with Crippen LogP contribution in [-0.4, -0.2) is 33.5 Å². The summed E-state index contributed by atoms with van der Waals surface area (Å²) in [6.45, 7) is 0.642. The molecule has 1 heterocycles. The molecule has 2 aromatic rings. The van der Waals surface area contributed by atoms with Crippen molar-refractivity contribution in [1.29, 1.82) is 0 Å². The van der Waals surface area contributed by atoms with Crippen LogP contribution in [0, 0.1) is 0 Å². The average Bonchev–Trinajstić information content (AvgIpc) is 2.94. The zero-order valence-corrected chi connectivity index (χ0v) is 14.7. The molecule has 0 saturated heterocycles. The van der Waals surface area contributed by atoms with Gasteiger partial charge in [-0.1, -0.05) is 28.1 Å². The molecule has 0 aliphatic rings. The minimum Gasteiger partial charge on any atom is -0.320 e. The van der Waals surface area contributed by atoms with Crippen LogP contribution in [0.2, 0.25) is 0 Å². The Labute approximate surface area is 142 Å². The number of benzene rings is 1. The van der Waals surface area contributed by atoms with Crippen LogP contribution >= 0.6 is 27.7 Å². The van der Waals surface area contributed by atoms with E-state index in [0.717, 1.165) is 15.8 Å². The Kier molecular flexibility index (Phi) is 6.48. The van der Waals surface area contributed by atoms with Gasteiger partial charge in [-0.3, -0.25) is 10.1 Å². The molecule has 1 amide bonds. The van der Waals surface area contributed by atoms with E-state index >= 15 is 0 Å². The molecule has 0 bridgehead atoms. The van der Waals surface area contributed by atoms with E-state index < -0.39 is 6.04 Å². The number of thioether (sulfide) groups is 1. The Hall–Kier alpha value is -1.31. The molecule has 1 atom stereocenters. The largest absolute Gasteiger partial charge is 0.320 e. The lowest BCUT2D eigenvalue weighted by atomic mass is 10.2. The number of anilines is 1. The third-order valence-corrected chi connectivity index (χ3v) is 4.36. The molecule has 0 aliphatic carbocycles. The summed E-state index contributed by atoms with van der Waals surface area (Å²) in [5.41, 5.74) is 7.00.